The zero-order chi connectivity index (χ0) is 12.3. The number of nitrogens with one attached hydrogen (secondary N) is 1. The standard InChI is InChI=1S/C14H28N2O/c1-4-15-13-5-7-16(9-11(13)2)14-6-8-17-10-12(14)3/h11-15H,4-10H2,1-3H3. The van der Waals surface area contributed by atoms with Crippen LogP contribution in [0.15, 0.2) is 0 Å². The molecule has 3 nitrogen and oxygen atoms in total. The van der Waals surface area contributed by atoms with Crippen molar-refractivity contribution in [3.05, 3.63) is 0 Å². The zero-order valence-electron chi connectivity index (χ0n) is 11.6. The molecule has 0 aliphatic carbocycles. The maximum absolute atomic E-state index is 5.55. The Morgan fingerprint density at radius 3 is 2.71 bits per heavy atom. The molecule has 2 rings (SSSR count). The Bertz CT molecular complexity index is 234. The van der Waals surface area contributed by atoms with E-state index in [1.807, 2.05) is 0 Å². The van der Waals surface area contributed by atoms with E-state index in [0.717, 1.165) is 37.8 Å². The smallest absolute Gasteiger partial charge is 0.0506 e. The van der Waals surface area contributed by atoms with Gasteiger partial charge in [0.15, 0.2) is 0 Å². The van der Waals surface area contributed by atoms with Gasteiger partial charge >= 0.3 is 0 Å². The van der Waals surface area contributed by atoms with Crippen LogP contribution in [0.4, 0.5) is 0 Å². The summed E-state index contributed by atoms with van der Waals surface area (Å²) in [5.74, 6) is 1.48. The van der Waals surface area contributed by atoms with Crippen LogP contribution in [-0.2, 0) is 4.74 Å². The third-order valence-electron chi connectivity index (χ3n) is 4.47. The van der Waals surface area contributed by atoms with E-state index >= 15 is 0 Å². The van der Waals surface area contributed by atoms with Gasteiger partial charge in [0.1, 0.15) is 0 Å². The highest BCUT2D eigenvalue weighted by Crippen LogP contribution is 2.26. The van der Waals surface area contributed by atoms with Gasteiger partial charge in [0.05, 0.1) is 6.61 Å². The summed E-state index contributed by atoms with van der Waals surface area (Å²) in [7, 11) is 0. The molecule has 0 aromatic heterocycles. The van der Waals surface area contributed by atoms with Crippen LogP contribution in [0, 0.1) is 11.8 Å². The lowest BCUT2D eigenvalue weighted by molar-refractivity contribution is -0.0221. The summed E-state index contributed by atoms with van der Waals surface area (Å²) in [5, 5.41) is 3.62. The van der Waals surface area contributed by atoms with Gasteiger partial charge in [-0.3, -0.25) is 4.90 Å². The fourth-order valence-corrected chi connectivity index (χ4v) is 3.46. The van der Waals surface area contributed by atoms with Gasteiger partial charge < -0.3 is 10.1 Å². The third kappa shape index (κ3) is 3.21. The maximum Gasteiger partial charge on any atom is 0.0506 e. The normalized spacial score (nSPS) is 40.4. The lowest BCUT2D eigenvalue weighted by Gasteiger charge is -2.44. The van der Waals surface area contributed by atoms with E-state index in [9.17, 15) is 0 Å². The van der Waals surface area contributed by atoms with Crippen LogP contribution < -0.4 is 5.32 Å². The molecular formula is C14H28N2O. The Morgan fingerprint density at radius 1 is 1.24 bits per heavy atom. The number of likely N-dealkylation sites (tertiary alicyclic amines) is 1. The molecule has 17 heavy (non-hydrogen) atoms. The van der Waals surface area contributed by atoms with Crippen LogP contribution in [0.5, 0.6) is 0 Å². The molecule has 0 radical (unpaired) electrons. The molecule has 2 fully saturated rings. The first-order chi connectivity index (χ1) is 8.22. The van der Waals surface area contributed by atoms with Crippen molar-refractivity contribution < 1.29 is 4.74 Å². The number of rotatable bonds is 3. The van der Waals surface area contributed by atoms with Crippen molar-refractivity contribution in [3.8, 4) is 0 Å². The van der Waals surface area contributed by atoms with Crippen molar-refractivity contribution in [1.29, 1.82) is 0 Å². The van der Waals surface area contributed by atoms with E-state index in [1.54, 1.807) is 0 Å². The van der Waals surface area contributed by atoms with Crippen molar-refractivity contribution in [2.75, 3.05) is 32.8 Å². The van der Waals surface area contributed by atoms with E-state index in [1.165, 1.54) is 25.9 Å². The summed E-state index contributed by atoms with van der Waals surface area (Å²) >= 11 is 0. The second kappa shape index (κ2) is 6.17. The van der Waals surface area contributed by atoms with Crippen molar-refractivity contribution in [2.24, 2.45) is 11.8 Å². The second-order valence-corrected chi connectivity index (χ2v) is 5.83. The molecule has 0 saturated carbocycles. The van der Waals surface area contributed by atoms with Gasteiger partial charge in [0, 0.05) is 25.2 Å². The van der Waals surface area contributed by atoms with E-state index in [2.05, 4.69) is 31.0 Å². The number of nitrogens with zero attached hydrogens (tertiary/aromatic N) is 1. The minimum Gasteiger partial charge on any atom is -0.381 e. The van der Waals surface area contributed by atoms with Crippen LogP contribution >= 0.6 is 0 Å². The van der Waals surface area contributed by atoms with Crippen molar-refractivity contribution in [1.82, 2.24) is 10.2 Å². The molecule has 2 aliphatic rings. The summed E-state index contributed by atoms with van der Waals surface area (Å²) in [6.07, 6.45) is 2.53. The highest BCUT2D eigenvalue weighted by molar-refractivity contribution is 4.88. The average Bonchev–Trinajstić information content (AvgIpc) is 2.33. The Hall–Kier alpha value is -0.120. The molecule has 0 aromatic rings. The molecule has 2 aliphatic heterocycles. The summed E-state index contributed by atoms with van der Waals surface area (Å²) in [6.45, 7) is 12.5. The number of ether oxygens (including phenoxy) is 1. The number of hydrogen-bond donors (Lipinski definition) is 1. The third-order valence-corrected chi connectivity index (χ3v) is 4.47. The SMILES string of the molecule is CCNC1CCN(C2CCOCC2C)CC1C. The predicted octanol–water partition coefficient (Wildman–Crippen LogP) is 1.73. The lowest BCUT2D eigenvalue weighted by Crippen LogP contribution is -2.54. The highest BCUT2D eigenvalue weighted by atomic mass is 16.5. The van der Waals surface area contributed by atoms with Crippen molar-refractivity contribution in [2.45, 2.75) is 45.7 Å². The fourth-order valence-electron chi connectivity index (χ4n) is 3.46. The molecule has 3 heteroatoms. The van der Waals surface area contributed by atoms with Gasteiger partial charge in [0.2, 0.25) is 0 Å². The van der Waals surface area contributed by atoms with Gasteiger partial charge in [0.25, 0.3) is 0 Å². The Morgan fingerprint density at radius 2 is 2.06 bits per heavy atom. The first kappa shape index (κ1) is 13.3. The van der Waals surface area contributed by atoms with Crippen LogP contribution in [0.2, 0.25) is 0 Å². The van der Waals surface area contributed by atoms with Gasteiger partial charge in [-0.15, -0.1) is 0 Å². The summed E-state index contributed by atoms with van der Waals surface area (Å²) < 4.78 is 5.55. The van der Waals surface area contributed by atoms with E-state index in [4.69, 9.17) is 4.74 Å². The molecule has 0 aromatic carbocycles. The quantitative estimate of drug-likeness (QED) is 0.813. The molecule has 0 amide bonds. The molecule has 1 N–H and O–H groups in total. The zero-order valence-corrected chi connectivity index (χ0v) is 11.6. The predicted molar refractivity (Wildman–Crippen MR) is 71.2 cm³/mol. The lowest BCUT2D eigenvalue weighted by atomic mass is 9.88. The Kier molecular flexibility index (Phi) is 4.83. The van der Waals surface area contributed by atoms with Gasteiger partial charge in [-0.1, -0.05) is 20.8 Å². The van der Waals surface area contributed by atoms with E-state index < -0.39 is 0 Å². The average molecular weight is 240 g/mol. The van der Waals surface area contributed by atoms with Gasteiger partial charge in [-0.05, 0) is 37.8 Å². The summed E-state index contributed by atoms with van der Waals surface area (Å²) in [4.78, 5) is 2.71. The molecule has 2 saturated heterocycles. The highest BCUT2D eigenvalue weighted by Gasteiger charge is 2.33. The maximum atomic E-state index is 5.55. The van der Waals surface area contributed by atoms with Crippen LogP contribution in [0.3, 0.4) is 0 Å². The minimum atomic E-state index is 0.701. The molecule has 4 unspecified atom stereocenters. The molecule has 100 valence electrons. The molecule has 0 bridgehead atoms. The van der Waals surface area contributed by atoms with Crippen LogP contribution in [0.1, 0.15) is 33.6 Å². The second-order valence-electron chi connectivity index (χ2n) is 5.83. The monoisotopic (exact) mass is 240 g/mol. The van der Waals surface area contributed by atoms with E-state index in [-0.39, 0.29) is 0 Å². The first-order valence-corrected chi connectivity index (χ1v) is 7.27. The Labute approximate surface area is 106 Å². The molecule has 0 spiro atoms. The molecule has 2 heterocycles. The topological polar surface area (TPSA) is 24.5 Å². The molecular weight excluding hydrogens is 212 g/mol. The minimum absolute atomic E-state index is 0.701. The van der Waals surface area contributed by atoms with Crippen LogP contribution in [-0.4, -0.2) is 49.8 Å². The largest absolute Gasteiger partial charge is 0.381 e. The summed E-state index contributed by atoms with van der Waals surface area (Å²) in [6, 6.07) is 1.49. The Balaban J connectivity index is 1.87. The fraction of sp³-hybridized carbons (Fsp3) is 1.00. The van der Waals surface area contributed by atoms with Crippen LogP contribution in [0.25, 0.3) is 0 Å². The summed E-state index contributed by atoms with van der Waals surface area (Å²) in [5.41, 5.74) is 0. The van der Waals surface area contributed by atoms with Crippen molar-refractivity contribution in [3.63, 3.8) is 0 Å². The first-order valence-electron chi connectivity index (χ1n) is 7.27. The van der Waals surface area contributed by atoms with Gasteiger partial charge in [-0.25, -0.2) is 0 Å². The van der Waals surface area contributed by atoms with Crippen molar-refractivity contribution >= 4 is 0 Å². The van der Waals surface area contributed by atoms with E-state index in [0.29, 0.717) is 5.92 Å². The number of hydrogen-bond acceptors (Lipinski definition) is 3. The van der Waals surface area contributed by atoms with Gasteiger partial charge in [-0.2, -0.15) is 0 Å². The number of piperidine rings is 1. The molecule has 4 atom stereocenters.